The number of carbonyl (C=O) groups is 1. The number of thiazole rings is 1. The molecule has 2 heterocycles. The van der Waals surface area contributed by atoms with Gasteiger partial charge in [0, 0.05) is 20.3 Å². The molecule has 0 unspecified atom stereocenters. The van der Waals surface area contributed by atoms with Gasteiger partial charge in [-0.3, -0.25) is 4.79 Å². The average Bonchev–Trinajstić information content (AvgIpc) is 3.03. The fourth-order valence-electron chi connectivity index (χ4n) is 2.14. The molecule has 0 saturated heterocycles. The summed E-state index contributed by atoms with van der Waals surface area (Å²) in [6, 6.07) is 11.7. The van der Waals surface area contributed by atoms with Crippen LogP contribution in [0, 0.1) is 0 Å². The Balaban J connectivity index is 1.80. The van der Waals surface area contributed by atoms with Gasteiger partial charge >= 0.3 is 0 Å². The Kier molecular flexibility index (Phi) is 3.28. The summed E-state index contributed by atoms with van der Waals surface area (Å²) in [6.07, 6.45) is 1.87. The number of amides is 1. The second-order valence-electron chi connectivity index (χ2n) is 4.74. The van der Waals surface area contributed by atoms with E-state index in [-0.39, 0.29) is 5.91 Å². The molecule has 3 rings (SSSR count). The standard InChI is InChI=1S/C15H15N3OS/c1-17-9-5-7-12(17)15(19)18(2)10-14-16-11-6-3-4-8-13(11)20-14/h3-9H,10H2,1-2H3. The van der Waals surface area contributed by atoms with Gasteiger partial charge in [0.15, 0.2) is 0 Å². The van der Waals surface area contributed by atoms with E-state index >= 15 is 0 Å². The van der Waals surface area contributed by atoms with Gasteiger partial charge in [0.05, 0.1) is 16.8 Å². The summed E-state index contributed by atoms with van der Waals surface area (Å²) in [4.78, 5) is 18.6. The minimum atomic E-state index is 0.0109. The summed E-state index contributed by atoms with van der Waals surface area (Å²) in [5, 5.41) is 0.955. The Hall–Kier alpha value is -2.14. The van der Waals surface area contributed by atoms with E-state index in [0.29, 0.717) is 12.2 Å². The highest BCUT2D eigenvalue weighted by Crippen LogP contribution is 2.22. The molecule has 0 N–H and O–H groups in total. The molecule has 3 aromatic rings. The summed E-state index contributed by atoms with van der Waals surface area (Å²) in [5.41, 5.74) is 1.68. The lowest BCUT2D eigenvalue weighted by Gasteiger charge is -2.15. The maximum Gasteiger partial charge on any atom is 0.270 e. The number of para-hydroxylation sites is 1. The van der Waals surface area contributed by atoms with Gasteiger partial charge < -0.3 is 9.47 Å². The van der Waals surface area contributed by atoms with Crippen LogP contribution in [0.25, 0.3) is 10.2 Å². The van der Waals surface area contributed by atoms with Crippen molar-refractivity contribution in [3.8, 4) is 0 Å². The lowest BCUT2D eigenvalue weighted by molar-refractivity contribution is 0.0775. The topological polar surface area (TPSA) is 38.1 Å². The quantitative estimate of drug-likeness (QED) is 0.742. The van der Waals surface area contributed by atoms with Crippen LogP contribution >= 0.6 is 11.3 Å². The molecule has 0 saturated carbocycles. The molecular weight excluding hydrogens is 270 g/mol. The Morgan fingerprint density at radius 2 is 2.10 bits per heavy atom. The van der Waals surface area contributed by atoms with Crippen LogP contribution in [0.2, 0.25) is 0 Å². The molecule has 0 radical (unpaired) electrons. The van der Waals surface area contributed by atoms with Gasteiger partial charge in [-0.15, -0.1) is 11.3 Å². The van der Waals surface area contributed by atoms with E-state index in [1.807, 2.05) is 48.1 Å². The van der Waals surface area contributed by atoms with Gasteiger partial charge in [-0.05, 0) is 24.3 Å². The van der Waals surface area contributed by atoms with Crippen molar-refractivity contribution >= 4 is 27.5 Å². The fraction of sp³-hybridized carbons (Fsp3) is 0.200. The van der Waals surface area contributed by atoms with Gasteiger partial charge in [0.1, 0.15) is 10.7 Å². The maximum atomic E-state index is 12.3. The lowest BCUT2D eigenvalue weighted by atomic mass is 10.3. The predicted molar refractivity (Wildman–Crippen MR) is 80.8 cm³/mol. The number of aromatic nitrogens is 2. The monoisotopic (exact) mass is 285 g/mol. The van der Waals surface area contributed by atoms with Gasteiger partial charge in [-0.2, -0.15) is 0 Å². The molecule has 0 aliphatic rings. The minimum absolute atomic E-state index is 0.0109. The van der Waals surface area contributed by atoms with Crippen molar-refractivity contribution in [1.82, 2.24) is 14.5 Å². The summed E-state index contributed by atoms with van der Waals surface area (Å²) >= 11 is 1.63. The van der Waals surface area contributed by atoms with Crippen molar-refractivity contribution in [3.05, 3.63) is 53.3 Å². The molecule has 102 valence electrons. The molecule has 0 fully saturated rings. The molecule has 2 aromatic heterocycles. The van der Waals surface area contributed by atoms with Crippen molar-refractivity contribution in [1.29, 1.82) is 0 Å². The third kappa shape index (κ3) is 2.32. The Bertz CT molecular complexity index is 726. The van der Waals surface area contributed by atoms with Crippen molar-refractivity contribution in [2.24, 2.45) is 7.05 Å². The normalized spacial score (nSPS) is 10.9. The van der Waals surface area contributed by atoms with E-state index in [2.05, 4.69) is 11.1 Å². The second kappa shape index (κ2) is 5.09. The van der Waals surface area contributed by atoms with Crippen LogP contribution in [-0.2, 0) is 13.6 Å². The zero-order chi connectivity index (χ0) is 14.1. The van der Waals surface area contributed by atoms with Gasteiger partial charge in [0.2, 0.25) is 0 Å². The number of nitrogens with zero attached hydrogens (tertiary/aromatic N) is 3. The molecule has 5 heteroatoms. The largest absolute Gasteiger partial charge is 0.347 e. The molecular formula is C15H15N3OS. The SMILES string of the molecule is CN(Cc1nc2ccccc2s1)C(=O)c1cccn1C. The van der Waals surface area contributed by atoms with Crippen molar-refractivity contribution < 1.29 is 4.79 Å². The zero-order valence-electron chi connectivity index (χ0n) is 11.4. The second-order valence-corrected chi connectivity index (χ2v) is 5.86. The van der Waals surface area contributed by atoms with Crippen LogP contribution < -0.4 is 0 Å². The number of carbonyl (C=O) groups excluding carboxylic acids is 1. The minimum Gasteiger partial charge on any atom is -0.347 e. The van der Waals surface area contributed by atoms with E-state index in [1.54, 1.807) is 23.3 Å². The number of hydrogen-bond acceptors (Lipinski definition) is 3. The van der Waals surface area contributed by atoms with E-state index in [0.717, 1.165) is 15.2 Å². The third-order valence-corrected chi connectivity index (χ3v) is 4.24. The van der Waals surface area contributed by atoms with Gasteiger partial charge in [-0.1, -0.05) is 12.1 Å². The fourth-order valence-corrected chi connectivity index (χ4v) is 3.16. The lowest BCUT2D eigenvalue weighted by Crippen LogP contribution is -2.27. The number of aryl methyl sites for hydroxylation is 1. The smallest absolute Gasteiger partial charge is 0.270 e. The third-order valence-electron chi connectivity index (χ3n) is 3.22. The van der Waals surface area contributed by atoms with Crippen LogP contribution in [-0.4, -0.2) is 27.4 Å². The molecule has 20 heavy (non-hydrogen) atoms. The molecule has 1 amide bonds. The van der Waals surface area contributed by atoms with Crippen LogP contribution in [0.3, 0.4) is 0 Å². The maximum absolute atomic E-state index is 12.3. The zero-order valence-corrected chi connectivity index (χ0v) is 12.2. The average molecular weight is 285 g/mol. The Labute approximate surface area is 121 Å². The first-order chi connectivity index (χ1) is 9.65. The molecule has 0 bridgehead atoms. The molecule has 4 nitrogen and oxygen atoms in total. The first kappa shape index (κ1) is 12.9. The van der Waals surface area contributed by atoms with Crippen molar-refractivity contribution in [2.75, 3.05) is 7.05 Å². The number of hydrogen-bond donors (Lipinski definition) is 0. The Morgan fingerprint density at radius 3 is 2.80 bits per heavy atom. The number of rotatable bonds is 3. The van der Waals surface area contributed by atoms with Crippen LogP contribution in [0.4, 0.5) is 0 Å². The summed E-state index contributed by atoms with van der Waals surface area (Å²) in [5.74, 6) is 0.0109. The highest BCUT2D eigenvalue weighted by Gasteiger charge is 2.16. The predicted octanol–water partition coefficient (Wildman–Crippen LogP) is 2.91. The van der Waals surface area contributed by atoms with Crippen LogP contribution in [0.5, 0.6) is 0 Å². The molecule has 1 aromatic carbocycles. The molecule has 0 aliphatic heterocycles. The van der Waals surface area contributed by atoms with E-state index < -0.39 is 0 Å². The van der Waals surface area contributed by atoms with E-state index in [9.17, 15) is 4.79 Å². The van der Waals surface area contributed by atoms with E-state index in [1.165, 1.54) is 0 Å². The molecule has 0 aliphatic carbocycles. The van der Waals surface area contributed by atoms with Crippen molar-refractivity contribution in [3.63, 3.8) is 0 Å². The highest BCUT2D eigenvalue weighted by molar-refractivity contribution is 7.18. The first-order valence-electron chi connectivity index (χ1n) is 6.36. The highest BCUT2D eigenvalue weighted by atomic mass is 32.1. The first-order valence-corrected chi connectivity index (χ1v) is 7.18. The summed E-state index contributed by atoms with van der Waals surface area (Å²) in [6.45, 7) is 0.531. The summed E-state index contributed by atoms with van der Waals surface area (Å²) in [7, 11) is 3.68. The number of fused-ring (bicyclic) bond motifs is 1. The summed E-state index contributed by atoms with van der Waals surface area (Å²) < 4.78 is 2.99. The number of benzene rings is 1. The van der Waals surface area contributed by atoms with E-state index in [4.69, 9.17) is 0 Å². The molecule has 0 atom stereocenters. The van der Waals surface area contributed by atoms with Crippen LogP contribution in [0.1, 0.15) is 15.5 Å². The van der Waals surface area contributed by atoms with Gasteiger partial charge in [-0.25, -0.2) is 4.98 Å². The Morgan fingerprint density at radius 1 is 1.30 bits per heavy atom. The molecule has 0 spiro atoms. The van der Waals surface area contributed by atoms with Crippen molar-refractivity contribution in [2.45, 2.75) is 6.54 Å². The van der Waals surface area contributed by atoms with Crippen LogP contribution in [0.15, 0.2) is 42.6 Å². The van der Waals surface area contributed by atoms with Gasteiger partial charge in [0.25, 0.3) is 5.91 Å².